The zero-order valence-electron chi connectivity index (χ0n) is 14.1. The first-order valence-corrected chi connectivity index (χ1v) is 8.52. The van der Waals surface area contributed by atoms with E-state index in [-0.39, 0.29) is 18.6 Å². The fraction of sp³-hybridized carbons (Fsp3) is 0.278. The van der Waals surface area contributed by atoms with Crippen LogP contribution in [0.25, 0.3) is 11.0 Å². The van der Waals surface area contributed by atoms with Crippen LogP contribution >= 0.6 is 0 Å². The van der Waals surface area contributed by atoms with Gasteiger partial charge in [0.2, 0.25) is 11.8 Å². The van der Waals surface area contributed by atoms with Crippen molar-refractivity contribution in [1.29, 1.82) is 0 Å². The molecule has 0 atom stereocenters. The van der Waals surface area contributed by atoms with Crippen molar-refractivity contribution in [2.75, 3.05) is 11.4 Å². The van der Waals surface area contributed by atoms with Gasteiger partial charge in [-0.15, -0.1) is 0 Å². The van der Waals surface area contributed by atoms with Crippen molar-refractivity contribution in [2.24, 2.45) is 0 Å². The van der Waals surface area contributed by atoms with Crippen LogP contribution < -0.4 is 9.64 Å². The first-order chi connectivity index (χ1) is 13.1. The first kappa shape index (κ1) is 15.7. The molecule has 27 heavy (non-hydrogen) atoms. The second-order valence-corrected chi connectivity index (χ2v) is 6.86. The Hall–Kier alpha value is -3.49. The van der Waals surface area contributed by atoms with Crippen LogP contribution in [0.15, 0.2) is 36.8 Å². The number of amides is 1. The molecule has 3 aromatic rings. The number of aliphatic carboxylic acids is 1. The van der Waals surface area contributed by atoms with Crippen LogP contribution in [-0.2, 0) is 15.0 Å². The zero-order chi connectivity index (χ0) is 18.6. The molecule has 0 radical (unpaired) electrons. The van der Waals surface area contributed by atoms with Gasteiger partial charge in [0.15, 0.2) is 0 Å². The second-order valence-electron chi connectivity index (χ2n) is 6.86. The molecule has 1 fully saturated rings. The lowest BCUT2D eigenvalue weighted by Crippen LogP contribution is -2.54. The number of H-pyrrole nitrogens is 1. The Balaban J connectivity index is 1.39. The third kappa shape index (κ3) is 2.28. The fourth-order valence-corrected chi connectivity index (χ4v) is 4.01. The molecule has 0 unspecified atom stereocenters. The van der Waals surface area contributed by atoms with Crippen molar-refractivity contribution in [2.45, 2.75) is 24.4 Å². The normalized spacial score (nSPS) is 23.5. The quantitative estimate of drug-likeness (QED) is 0.714. The standard InChI is InChI=1S/C18H15N5O4/c24-16(25)9-23-14-3-4-19-7-11(14)18(17(23)26)5-10(6-18)27-15-2-1-12-13(21-15)8-20-22-12/h1-4,7-8,10H,5-6,9H2,(H,20,22)(H,24,25). The van der Waals surface area contributed by atoms with E-state index in [0.29, 0.717) is 29.9 Å². The number of pyridine rings is 2. The number of aromatic amines is 1. The lowest BCUT2D eigenvalue weighted by Gasteiger charge is -2.43. The van der Waals surface area contributed by atoms with E-state index in [1.54, 1.807) is 30.7 Å². The number of carboxylic acids is 1. The van der Waals surface area contributed by atoms with E-state index in [0.717, 1.165) is 11.1 Å². The van der Waals surface area contributed by atoms with Crippen molar-refractivity contribution >= 4 is 28.6 Å². The number of hydrogen-bond acceptors (Lipinski definition) is 6. The summed E-state index contributed by atoms with van der Waals surface area (Å²) in [5, 5.41) is 15.9. The minimum atomic E-state index is -1.05. The average Bonchev–Trinajstić information content (AvgIpc) is 3.17. The molecular formula is C18H15N5O4. The summed E-state index contributed by atoms with van der Waals surface area (Å²) in [6.07, 6.45) is 5.59. The molecule has 1 amide bonds. The van der Waals surface area contributed by atoms with Gasteiger partial charge in [0.1, 0.15) is 18.2 Å². The van der Waals surface area contributed by atoms with E-state index in [4.69, 9.17) is 9.84 Å². The molecule has 0 aromatic carbocycles. The Bertz CT molecular complexity index is 1070. The molecule has 3 aromatic heterocycles. The number of carboxylic acid groups (broad SMARTS) is 1. The highest BCUT2D eigenvalue weighted by atomic mass is 16.5. The molecule has 9 heteroatoms. The smallest absolute Gasteiger partial charge is 0.323 e. The highest BCUT2D eigenvalue weighted by molar-refractivity contribution is 6.10. The molecule has 1 spiro atoms. The highest BCUT2D eigenvalue weighted by Gasteiger charge is 2.59. The van der Waals surface area contributed by atoms with Gasteiger partial charge >= 0.3 is 5.97 Å². The van der Waals surface area contributed by atoms with Gasteiger partial charge in [-0.3, -0.25) is 19.7 Å². The number of nitrogens with one attached hydrogen (secondary N) is 1. The lowest BCUT2D eigenvalue weighted by molar-refractivity contribution is -0.138. The number of fused-ring (bicyclic) bond motifs is 3. The third-order valence-electron chi connectivity index (χ3n) is 5.26. The predicted molar refractivity (Wildman–Crippen MR) is 93.4 cm³/mol. The van der Waals surface area contributed by atoms with Gasteiger partial charge in [0, 0.05) is 36.9 Å². The number of nitrogens with zero attached hydrogens (tertiary/aromatic N) is 4. The molecule has 1 aliphatic heterocycles. The molecule has 9 nitrogen and oxygen atoms in total. The van der Waals surface area contributed by atoms with Crippen LogP contribution in [-0.4, -0.2) is 49.8 Å². The molecule has 2 aliphatic rings. The predicted octanol–water partition coefficient (Wildman–Crippen LogP) is 1.26. The maximum atomic E-state index is 13.0. The summed E-state index contributed by atoms with van der Waals surface area (Å²) < 4.78 is 5.93. The van der Waals surface area contributed by atoms with E-state index in [1.165, 1.54) is 4.90 Å². The Morgan fingerprint density at radius 1 is 1.33 bits per heavy atom. The molecule has 1 aliphatic carbocycles. The van der Waals surface area contributed by atoms with Gasteiger partial charge in [-0.05, 0) is 12.1 Å². The van der Waals surface area contributed by atoms with E-state index >= 15 is 0 Å². The number of anilines is 1. The van der Waals surface area contributed by atoms with Gasteiger partial charge in [0.05, 0.1) is 22.8 Å². The van der Waals surface area contributed by atoms with E-state index in [1.807, 2.05) is 6.07 Å². The van der Waals surface area contributed by atoms with Gasteiger partial charge in [0.25, 0.3) is 0 Å². The molecule has 5 rings (SSSR count). The summed E-state index contributed by atoms with van der Waals surface area (Å²) in [4.78, 5) is 34.0. The van der Waals surface area contributed by atoms with Crippen LogP contribution in [0.4, 0.5) is 5.69 Å². The van der Waals surface area contributed by atoms with Crippen LogP contribution in [0.1, 0.15) is 18.4 Å². The zero-order valence-corrected chi connectivity index (χ0v) is 14.1. The topological polar surface area (TPSA) is 121 Å². The van der Waals surface area contributed by atoms with Gasteiger partial charge < -0.3 is 14.7 Å². The number of carbonyl (C=O) groups excluding carboxylic acids is 1. The molecular weight excluding hydrogens is 350 g/mol. The number of ether oxygens (including phenoxy) is 1. The molecule has 1 saturated carbocycles. The molecule has 0 saturated heterocycles. The molecule has 0 bridgehead atoms. The van der Waals surface area contributed by atoms with Crippen molar-refractivity contribution in [3.05, 3.63) is 42.4 Å². The number of carbonyl (C=O) groups is 2. The van der Waals surface area contributed by atoms with Crippen LogP contribution in [0, 0.1) is 0 Å². The average molecular weight is 365 g/mol. The van der Waals surface area contributed by atoms with Crippen LogP contribution in [0.5, 0.6) is 5.88 Å². The SMILES string of the molecule is O=C(O)CN1C(=O)C2(CC(Oc3ccc4[nH]ncc4n3)C2)c2cnccc21. The minimum absolute atomic E-state index is 0.177. The maximum Gasteiger partial charge on any atom is 0.323 e. The Morgan fingerprint density at radius 2 is 2.19 bits per heavy atom. The summed E-state index contributed by atoms with van der Waals surface area (Å²) in [6.45, 7) is -0.359. The number of aromatic nitrogens is 4. The van der Waals surface area contributed by atoms with Gasteiger partial charge in [-0.25, -0.2) is 4.98 Å². The summed E-state index contributed by atoms with van der Waals surface area (Å²) in [5.74, 6) is -0.776. The van der Waals surface area contributed by atoms with E-state index in [9.17, 15) is 9.59 Å². The Kier molecular flexibility index (Phi) is 3.21. The first-order valence-electron chi connectivity index (χ1n) is 8.52. The van der Waals surface area contributed by atoms with E-state index in [2.05, 4.69) is 20.2 Å². The fourth-order valence-electron chi connectivity index (χ4n) is 4.01. The molecule has 136 valence electrons. The molecule has 2 N–H and O–H groups in total. The van der Waals surface area contributed by atoms with Gasteiger partial charge in [-0.2, -0.15) is 5.10 Å². The second kappa shape index (κ2) is 5.50. The van der Waals surface area contributed by atoms with Crippen molar-refractivity contribution in [1.82, 2.24) is 20.2 Å². The van der Waals surface area contributed by atoms with Crippen molar-refractivity contribution < 1.29 is 19.4 Å². The van der Waals surface area contributed by atoms with Gasteiger partial charge in [-0.1, -0.05) is 0 Å². The Labute approximate surface area is 153 Å². The Morgan fingerprint density at radius 3 is 3.00 bits per heavy atom. The number of hydrogen-bond donors (Lipinski definition) is 2. The summed E-state index contributed by atoms with van der Waals surface area (Å²) >= 11 is 0. The number of rotatable bonds is 4. The monoisotopic (exact) mass is 365 g/mol. The minimum Gasteiger partial charge on any atom is -0.480 e. The summed E-state index contributed by atoms with van der Waals surface area (Å²) in [6, 6.07) is 5.29. The summed E-state index contributed by atoms with van der Waals surface area (Å²) in [5.41, 5.74) is 2.16. The van der Waals surface area contributed by atoms with Crippen molar-refractivity contribution in [3.8, 4) is 5.88 Å². The van der Waals surface area contributed by atoms with Crippen LogP contribution in [0.3, 0.4) is 0 Å². The van der Waals surface area contributed by atoms with Crippen molar-refractivity contribution in [3.63, 3.8) is 0 Å². The molecule has 4 heterocycles. The lowest BCUT2D eigenvalue weighted by atomic mass is 9.63. The maximum absolute atomic E-state index is 13.0. The summed E-state index contributed by atoms with van der Waals surface area (Å²) in [7, 11) is 0. The highest BCUT2D eigenvalue weighted by Crippen LogP contribution is 2.53. The van der Waals surface area contributed by atoms with Crippen LogP contribution in [0.2, 0.25) is 0 Å². The van der Waals surface area contributed by atoms with E-state index < -0.39 is 11.4 Å². The largest absolute Gasteiger partial charge is 0.480 e. The third-order valence-corrected chi connectivity index (χ3v) is 5.26.